The Hall–Kier alpha value is -3.24. The zero-order valence-corrected chi connectivity index (χ0v) is 18.5. The van der Waals surface area contributed by atoms with E-state index in [1.165, 1.54) is 43.0 Å². The lowest BCUT2D eigenvalue weighted by molar-refractivity contribution is -0.148. The van der Waals surface area contributed by atoms with E-state index >= 15 is 0 Å². The quantitative estimate of drug-likeness (QED) is 0.348. The van der Waals surface area contributed by atoms with Gasteiger partial charge >= 0.3 is 6.18 Å². The van der Waals surface area contributed by atoms with Gasteiger partial charge < -0.3 is 10.1 Å². The lowest BCUT2D eigenvalue weighted by atomic mass is 9.77. The summed E-state index contributed by atoms with van der Waals surface area (Å²) in [7, 11) is 0. The predicted octanol–water partition coefficient (Wildman–Crippen LogP) is 5.90. The number of nitrogens with one attached hydrogen (secondary N) is 1. The minimum Gasteiger partial charge on any atom is -0.390 e. The van der Waals surface area contributed by atoms with E-state index in [2.05, 4.69) is 20.1 Å². The number of alkyl halides is 3. The molecule has 5 rings (SSSR count). The van der Waals surface area contributed by atoms with Gasteiger partial charge in [0.15, 0.2) is 5.69 Å². The number of H-pyrrole nitrogens is 1. The molecule has 0 saturated heterocycles. The molecule has 0 bridgehead atoms. The van der Waals surface area contributed by atoms with Crippen molar-refractivity contribution in [2.24, 2.45) is 0 Å². The smallest absolute Gasteiger partial charge is 0.390 e. The van der Waals surface area contributed by atoms with Gasteiger partial charge in [0, 0.05) is 40.8 Å². The highest BCUT2D eigenvalue weighted by atomic mass is 35.5. The van der Waals surface area contributed by atoms with Crippen LogP contribution in [0.2, 0.25) is 5.02 Å². The second kappa shape index (κ2) is 7.92. The normalized spacial score (nSPS) is 20.4. The van der Waals surface area contributed by atoms with E-state index in [0.29, 0.717) is 0 Å². The highest BCUT2D eigenvalue weighted by molar-refractivity contribution is 6.33. The Balaban J connectivity index is 1.75. The van der Waals surface area contributed by atoms with Crippen LogP contribution in [0.3, 0.4) is 0 Å². The maximum absolute atomic E-state index is 14.8. The summed E-state index contributed by atoms with van der Waals surface area (Å²) >= 11 is 6.27. The summed E-state index contributed by atoms with van der Waals surface area (Å²) in [5.41, 5.74) is -1.45. The maximum atomic E-state index is 14.8. The van der Waals surface area contributed by atoms with Crippen LogP contribution in [0.5, 0.6) is 0 Å². The predicted molar refractivity (Wildman–Crippen MR) is 117 cm³/mol. The van der Waals surface area contributed by atoms with E-state index in [1.807, 2.05) is 0 Å². The minimum absolute atomic E-state index is 0.0308. The second-order valence-electron chi connectivity index (χ2n) is 8.55. The van der Waals surface area contributed by atoms with E-state index < -0.39 is 29.3 Å². The first-order valence-corrected chi connectivity index (χ1v) is 10.7. The van der Waals surface area contributed by atoms with E-state index in [0.717, 1.165) is 10.9 Å². The lowest BCUT2D eigenvalue weighted by Crippen LogP contribution is -2.43. The Kier molecular flexibility index (Phi) is 5.25. The van der Waals surface area contributed by atoms with Crippen molar-refractivity contribution in [2.45, 2.75) is 37.6 Å². The summed E-state index contributed by atoms with van der Waals surface area (Å²) in [6.07, 6.45) is 2.27. The molecule has 1 aliphatic carbocycles. The van der Waals surface area contributed by atoms with Gasteiger partial charge in [0.25, 0.3) is 0 Å². The third-order valence-corrected chi connectivity index (χ3v) is 6.28. The number of halogens is 5. The Morgan fingerprint density at radius 2 is 1.91 bits per heavy atom. The molecule has 0 atom stereocenters. The standard InChI is InChI=1S/C23H18ClF4N5O/c1-22(34)7-12(8-22)33-21(23(26,27)28)14(10-32-33)20-19(17-11-29-5-6-30-17)13(9-31-20)18-15(24)3-2-4-16(18)25/h2-6,9-12,31,34H,7-8H2,1H3. The molecule has 34 heavy (non-hydrogen) atoms. The SMILES string of the molecule is CC1(O)CC(n2ncc(-c3[nH]cc(-c4c(F)cccc4Cl)c3-c3cnccn3)c2C(F)(F)F)C1. The minimum atomic E-state index is -4.74. The van der Waals surface area contributed by atoms with E-state index in [4.69, 9.17) is 11.6 Å². The molecular weight excluding hydrogens is 474 g/mol. The second-order valence-corrected chi connectivity index (χ2v) is 8.96. The van der Waals surface area contributed by atoms with E-state index in [-0.39, 0.29) is 51.5 Å². The summed E-state index contributed by atoms with van der Waals surface area (Å²) in [4.78, 5) is 11.1. The van der Waals surface area contributed by atoms with Gasteiger partial charge in [-0.05, 0) is 31.9 Å². The third-order valence-electron chi connectivity index (χ3n) is 5.96. The molecule has 1 fully saturated rings. The molecule has 11 heteroatoms. The first-order chi connectivity index (χ1) is 16.1. The summed E-state index contributed by atoms with van der Waals surface area (Å²) in [6.45, 7) is 1.57. The number of aromatic nitrogens is 5. The number of aromatic amines is 1. The van der Waals surface area contributed by atoms with E-state index in [1.54, 1.807) is 6.92 Å². The average molecular weight is 492 g/mol. The van der Waals surface area contributed by atoms with Crippen molar-refractivity contribution >= 4 is 11.6 Å². The van der Waals surface area contributed by atoms with Crippen molar-refractivity contribution in [3.8, 4) is 33.6 Å². The van der Waals surface area contributed by atoms with Crippen molar-refractivity contribution in [3.05, 3.63) is 65.7 Å². The zero-order valence-electron chi connectivity index (χ0n) is 17.7. The maximum Gasteiger partial charge on any atom is 0.433 e. The molecule has 0 aliphatic heterocycles. The molecule has 4 aromatic rings. The van der Waals surface area contributed by atoms with E-state index in [9.17, 15) is 22.7 Å². The Bertz CT molecular complexity index is 1340. The summed E-state index contributed by atoms with van der Waals surface area (Å²) < 4.78 is 58.6. The number of hydrogen-bond donors (Lipinski definition) is 2. The first-order valence-electron chi connectivity index (χ1n) is 10.4. The van der Waals surface area contributed by atoms with Crippen LogP contribution in [0.15, 0.2) is 49.2 Å². The van der Waals surface area contributed by atoms with Crippen LogP contribution in [0.1, 0.15) is 31.5 Å². The molecule has 0 spiro atoms. The Morgan fingerprint density at radius 3 is 2.53 bits per heavy atom. The molecular formula is C23H18ClF4N5O. The first kappa shape index (κ1) is 22.5. The van der Waals surface area contributed by atoms with Gasteiger partial charge in [0.1, 0.15) is 5.82 Å². The molecule has 3 heterocycles. The molecule has 0 unspecified atom stereocenters. The fourth-order valence-corrected chi connectivity index (χ4v) is 4.78. The third kappa shape index (κ3) is 3.76. The van der Waals surface area contributed by atoms with Crippen LogP contribution in [-0.2, 0) is 6.18 Å². The van der Waals surface area contributed by atoms with Crippen molar-refractivity contribution in [2.75, 3.05) is 0 Å². The topological polar surface area (TPSA) is 79.6 Å². The molecule has 0 amide bonds. The van der Waals surface area contributed by atoms with Gasteiger partial charge in [-0.2, -0.15) is 18.3 Å². The van der Waals surface area contributed by atoms with Crippen LogP contribution < -0.4 is 0 Å². The van der Waals surface area contributed by atoms with Crippen molar-refractivity contribution in [1.29, 1.82) is 0 Å². The molecule has 3 aromatic heterocycles. The van der Waals surface area contributed by atoms with Crippen LogP contribution >= 0.6 is 11.6 Å². The van der Waals surface area contributed by atoms with Gasteiger partial charge in [0.05, 0.1) is 40.4 Å². The summed E-state index contributed by atoms with van der Waals surface area (Å²) in [5.74, 6) is -0.633. The number of nitrogens with zero attached hydrogens (tertiary/aromatic N) is 4. The van der Waals surface area contributed by atoms with Crippen LogP contribution in [0.4, 0.5) is 17.6 Å². The fourth-order valence-electron chi connectivity index (χ4n) is 4.52. The summed E-state index contributed by atoms with van der Waals surface area (Å²) in [6, 6.07) is 3.55. The van der Waals surface area contributed by atoms with Crippen LogP contribution in [0, 0.1) is 5.82 Å². The molecule has 176 valence electrons. The number of benzene rings is 1. The largest absolute Gasteiger partial charge is 0.433 e. The number of rotatable bonds is 4. The molecule has 1 saturated carbocycles. The summed E-state index contributed by atoms with van der Waals surface area (Å²) in [5, 5.41) is 14.2. The van der Waals surface area contributed by atoms with Gasteiger partial charge in [-0.1, -0.05) is 17.7 Å². The van der Waals surface area contributed by atoms with Gasteiger partial charge in [-0.25, -0.2) is 4.39 Å². The Morgan fingerprint density at radius 1 is 1.15 bits per heavy atom. The average Bonchev–Trinajstić information content (AvgIpc) is 3.37. The number of hydrogen-bond acceptors (Lipinski definition) is 4. The molecule has 1 aliphatic rings. The highest BCUT2D eigenvalue weighted by Crippen LogP contribution is 2.48. The van der Waals surface area contributed by atoms with Crippen molar-refractivity contribution in [1.82, 2.24) is 24.7 Å². The van der Waals surface area contributed by atoms with Gasteiger partial charge in [-0.3, -0.25) is 14.6 Å². The zero-order chi connectivity index (χ0) is 24.3. The molecule has 0 radical (unpaired) electrons. The molecule has 2 N–H and O–H groups in total. The van der Waals surface area contributed by atoms with Gasteiger partial charge in [0.2, 0.25) is 0 Å². The van der Waals surface area contributed by atoms with Crippen molar-refractivity contribution in [3.63, 3.8) is 0 Å². The highest BCUT2D eigenvalue weighted by Gasteiger charge is 2.46. The lowest BCUT2D eigenvalue weighted by Gasteiger charge is -2.41. The fraction of sp³-hybridized carbons (Fsp3) is 0.261. The van der Waals surface area contributed by atoms with Crippen LogP contribution in [0.25, 0.3) is 33.6 Å². The molecule has 6 nitrogen and oxygen atoms in total. The molecule has 1 aromatic carbocycles. The van der Waals surface area contributed by atoms with Crippen LogP contribution in [-0.4, -0.2) is 35.4 Å². The van der Waals surface area contributed by atoms with Crippen molar-refractivity contribution < 1.29 is 22.7 Å². The Labute approximate surface area is 196 Å². The number of aliphatic hydroxyl groups is 1. The monoisotopic (exact) mass is 491 g/mol. The van der Waals surface area contributed by atoms with Gasteiger partial charge in [-0.15, -0.1) is 0 Å².